The Balaban J connectivity index is 2.57. The zero-order valence-electron chi connectivity index (χ0n) is 9.46. The number of benzene rings is 1. The third kappa shape index (κ3) is 2.86. The van der Waals surface area contributed by atoms with Crippen molar-refractivity contribution in [3.63, 3.8) is 0 Å². The van der Waals surface area contributed by atoms with Crippen molar-refractivity contribution in [3.05, 3.63) is 47.8 Å². The van der Waals surface area contributed by atoms with E-state index in [-0.39, 0.29) is 0 Å². The molecule has 1 aromatic heterocycles. The Morgan fingerprint density at radius 1 is 1.05 bits per heavy atom. The van der Waals surface area contributed by atoms with Gasteiger partial charge in [0.15, 0.2) is 5.75 Å². The van der Waals surface area contributed by atoms with E-state index < -0.39 is 29.2 Å². The summed E-state index contributed by atoms with van der Waals surface area (Å²) in [5.74, 6) is -0.996. The first-order chi connectivity index (χ1) is 9.19. The van der Waals surface area contributed by atoms with Gasteiger partial charge in [-0.05, 0) is 12.1 Å². The molecule has 1 aromatic carbocycles. The summed E-state index contributed by atoms with van der Waals surface area (Å²) in [6.45, 7) is 0. The highest BCUT2D eigenvalue weighted by Crippen LogP contribution is 2.44. The van der Waals surface area contributed by atoms with Crippen molar-refractivity contribution >= 4 is 0 Å². The summed E-state index contributed by atoms with van der Waals surface area (Å²) in [5.41, 5.74) is -3.72. The molecule has 0 spiro atoms. The number of hydrogen-bond donors (Lipinski definition) is 0. The molecule has 0 atom stereocenters. The molecule has 0 N–H and O–H groups in total. The molecule has 20 heavy (non-hydrogen) atoms. The first-order valence-electron chi connectivity index (χ1n) is 5.06. The van der Waals surface area contributed by atoms with Crippen molar-refractivity contribution in [1.82, 2.24) is 9.94 Å². The van der Waals surface area contributed by atoms with E-state index in [1.165, 1.54) is 0 Å². The molecule has 0 saturated carbocycles. The van der Waals surface area contributed by atoms with E-state index in [0.717, 1.165) is 24.5 Å². The Bertz CT molecular complexity index is 588. The van der Waals surface area contributed by atoms with Crippen LogP contribution in [0.2, 0.25) is 0 Å². The van der Waals surface area contributed by atoms with Crippen LogP contribution >= 0.6 is 0 Å². The average molecular weight is 295 g/mol. The van der Waals surface area contributed by atoms with E-state index in [2.05, 4.69) is 16.0 Å². The summed E-state index contributed by atoms with van der Waals surface area (Å²) in [7, 11) is 0. The molecule has 3 nitrogen and oxygen atoms in total. The fraction of sp³-hybridized carbons (Fsp3) is 0.182. The van der Waals surface area contributed by atoms with E-state index in [4.69, 9.17) is 0 Å². The highest BCUT2D eigenvalue weighted by atomic mass is 19.4. The number of nitrogens with zero attached hydrogens (tertiary/aromatic N) is 2. The standard InChI is InChI=1S/C11H5F6N2O/c12-10(13,14)7-3-1-4-8(9(7)11(15,16)17)20-19-6-2-5-18-19/h1,3-6H. The third-order valence-corrected chi connectivity index (χ3v) is 2.24. The lowest BCUT2D eigenvalue weighted by Crippen LogP contribution is -2.19. The minimum Gasteiger partial charge on any atom is -0.357 e. The lowest BCUT2D eigenvalue weighted by molar-refractivity contribution is -0.163. The molecule has 9 heteroatoms. The van der Waals surface area contributed by atoms with Crippen LogP contribution < -0.4 is 4.84 Å². The predicted molar refractivity (Wildman–Crippen MR) is 53.5 cm³/mol. The summed E-state index contributed by atoms with van der Waals surface area (Å²) in [4.78, 5) is 5.24. The van der Waals surface area contributed by atoms with Crippen LogP contribution in [-0.2, 0) is 12.4 Å². The van der Waals surface area contributed by atoms with Crippen LogP contribution in [0.5, 0.6) is 5.75 Å². The quantitative estimate of drug-likeness (QED) is 0.792. The largest absolute Gasteiger partial charge is 0.420 e. The van der Waals surface area contributed by atoms with Gasteiger partial charge >= 0.3 is 12.4 Å². The molecule has 107 valence electrons. The Morgan fingerprint density at radius 2 is 1.75 bits per heavy atom. The van der Waals surface area contributed by atoms with Gasteiger partial charge in [0.05, 0.1) is 18.0 Å². The molecule has 0 saturated heterocycles. The maximum atomic E-state index is 12.9. The monoisotopic (exact) mass is 295 g/mol. The van der Waals surface area contributed by atoms with Gasteiger partial charge < -0.3 is 4.84 Å². The molecule has 0 aliphatic heterocycles. The van der Waals surface area contributed by atoms with E-state index >= 15 is 0 Å². The molecule has 0 unspecified atom stereocenters. The van der Waals surface area contributed by atoms with Crippen LogP contribution in [0.3, 0.4) is 0 Å². The molecular formula is C11H5F6N2O. The van der Waals surface area contributed by atoms with Gasteiger partial charge in [-0.15, -0.1) is 5.10 Å². The van der Waals surface area contributed by atoms with Crippen LogP contribution in [0.4, 0.5) is 26.3 Å². The Labute approximate surface area is 108 Å². The zero-order valence-corrected chi connectivity index (χ0v) is 9.46. The molecule has 2 rings (SSSR count). The fourth-order valence-electron chi connectivity index (χ4n) is 1.51. The molecule has 1 radical (unpaired) electrons. The van der Waals surface area contributed by atoms with Gasteiger partial charge in [0, 0.05) is 6.07 Å². The van der Waals surface area contributed by atoms with Crippen molar-refractivity contribution in [2.45, 2.75) is 12.4 Å². The van der Waals surface area contributed by atoms with Crippen molar-refractivity contribution < 1.29 is 31.2 Å². The second kappa shape index (κ2) is 4.73. The number of aromatic nitrogens is 2. The van der Waals surface area contributed by atoms with Gasteiger partial charge in [-0.2, -0.15) is 26.3 Å². The Hall–Kier alpha value is -2.19. The lowest BCUT2D eigenvalue weighted by Gasteiger charge is -2.18. The predicted octanol–water partition coefficient (Wildman–Crippen LogP) is 3.56. The first kappa shape index (κ1) is 14.2. The van der Waals surface area contributed by atoms with Crippen LogP contribution in [-0.4, -0.2) is 9.94 Å². The van der Waals surface area contributed by atoms with E-state index in [1.54, 1.807) is 0 Å². The summed E-state index contributed by atoms with van der Waals surface area (Å²) >= 11 is 0. The number of hydrogen-bond acceptors (Lipinski definition) is 2. The second-order valence-electron chi connectivity index (χ2n) is 3.61. The summed E-state index contributed by atoms with van der Waals surface area (Å²) < 4.78 is 76.5. The Morgan fingerprint density at radius 3 is 2.25 bits per heavy atom. The summed E-state index contributed by atoms with van der Waals surface area (Å²) in [6.07, 6.45) is -8.26. The number of rotatable bonds is 2. The fourth-order valence-corrected chi connectivity index (χ4v) is 1.51. The minimum absolute atomic E-state index is 0.338. The van der Waals surface area contributed by atoms with Gasteiger partial charge in [0.1, 0.15) is 5.56 Å². The molecule has 0 fully saturated rings. The van der Waals surface area contributed by atoms with Crippen LogP contribution in [0.25, 0.3) is 0 Å². The van der Waals surface area contributed by atoms with Crippen molar-refractivity contribution in [1.29, 1.82) is 0 Å². The van der Waals surface area contributed by atoms with Gasteiger partial charge in [-0.3, -0.25) is 0 Å². The van der Waals surface area contributed by atoms with Crippen LogP contribution in [0.1, 0.15) is 11.1 Å². The number of alkyl halides is 6. The van der Waals surface area contributed by atoms with Gasteiger partial charge in [-0.1, -0.05) is 10.9 Å². The SMILES string of the molecule is FC(F)(F)c1cccc(On2c[c]cn2)c1C(F)(F)F. The Kier molecular flexibility index (Phi) is 3.36. The maximum Gasteiger partial charge on any atom is 0.420 e. The maximum absolute atomic E-state index is 12.9. The van der Waals surface area contributed by atoms with Gasteiger partial charge in [-0.25, -0.2) is 0 Å². The molecule has 0 aliphatic rings. The third-order valence-electron chi connectivity index (χ3n) is 2.24. The molecular weight excluding hydrogens is 290 g/mol. The van der Waals surface area contributed by atoms with Gasteiger partial charge in [0.2, 0.25) is 0 Å². The van der Waals surface area contributed by atoms with E-state index in [1.807, 2.05) is 0 Å². The lowest BCUT2D eigenvalue weighted by atomic mass is 10.1. The summed E-state index contributed by atoms with van der Waals surface area (Å²) in [6, 6.07) is 4.31. The molecule has 2 aromatic rings. The molecule has 1 heterocycles. The smallest absolute Gasteiger partial charge is 0.357 e. The van der Waals surface area contributed by atoms with Crippen molar-refractivity contribution in [3.8, 4) is 5.75 Å². The van der Waals surface area contributed by atoms with Crippen molar-refractivity contribution in [2.75, 3.05) is 0 Å². The van der Waals surface area contributed by atoms with E-state index in [9.17, 15) is 26.3 Å². The first-order valence-corrected chi connectivity index (χ1v) is 5.06. The summed E-state index contributed by atoms with van der Waals surface area (Å²) in [5, 5.41) is 3.42. The molecule has 0 bridgehead atoms. The molecule has 0 aliphatic carbocycles. The van der Waals surface area contributed by atoms with Crippen molar-refractivity contribution in [2.24, 2.45) is 0 Å². The zero-order chi connectivity index (χ0) is 15.0. The number of halogens is 6. The topological polar surface area (TPSA) is 27.1 Å². The normalized spacial score (nSPS) is 12.5. The average Bonchev–Trinajstić information content (AvgIpc) is 2.79. The van der Waals surface area contributed by atoms with E-state index in [0.29, 0.717) is 10.9 Å². The van der Waals surface area contributed by atoms with Crippen LogP contribution in [0.15, 0.2) is 30.6 Å². The van der Waals surface area contributed by atoms with Crippen LogP contribution in [0, 0.1) is 6.07 Å². The highest BCUT2D eigenvalue weighted by Gasteiger charge is 2.45. The second-order valence-corrected chi connectivity index (χ2v) is 3.61. The highest BCUT2D eigenvalue weighted by molar-refractivity contribution is 5.43. The minimum atomic E-state index is -5.22. The van der Waals surface area contributed by atoms with Gasteiger partial charge in [0.25, 0.3) is 0 Å². The molecule has 0 amide bonds.